The molecular formula is C15H20ClNO2. The topological polar surface area (TPSA) is 52.3 Å². The van der Waals surface area contributed by atoms with Crippen LogP contribution in [-0.2, 0) is 11.2 Å². The van der Waals surface area contributed by atoms with Crippen molar-refractivity contribution in [1.82, 2.24) is 0 Å². The van der Waals surface area contributed by atoms with E-state index < -0.39 is 0 Å². The van der Waals surface area contributed by atoms with Crippen molar-refractivity contribution >= 4 is 17.4 Å². The first-order valence-electron chi connectivity index (χ1n) is 6.71. The average Bonchev–Trinajstić information content (AvgIpc) is 2.39. The van der Waals surface area contributed by atoms with Crippen LogP contribution < -0.4 is 10.5 Å². The highest BCUT2D eigenvalue weighted by atomic mass is 35.5. The highest BCUT2D eigenvalue weighted by molar-refractivity contribution is 6.30. The number of carbonyl (C=O) groups is 1. The van der Waals surface area contributed by atoms with Crippen molar-refractivity contribution in [2.45, 2.75) is 38.1 Å². The highest BCUT2D eigenvalue weighted by Gasteiger charge is 2.25. The lowest BCUT2D eigenvalue weighted by Gasteiger charge is -2.25. The van der Waals surface area contributed by atoms with Gasteiger partial charge < -0.3 is 10.5 Å². The molecule has 1 aromatic carbocycles. The Balaban J connectivity index is 2.07. The molecule has 0 bridgehead atoms. The zero-order valence-electron chi connectivity index (χ0n) is 11.2. The lowest BCUT2D eigenvalue weighted by Crippen LogP contribution is -2.32. The highest BCUT2D eigenvalue weighted by Crippen LogP contribution is 2.28. The molecule has 0 heterocycles. The molecule has 1 aliphatic rings. The number of hydrogen-bond donors (Lipinski definition) is 1. The van der Waals surface area contributed by atoms with E-state index >= 15 is 0 Å². The van der Waals surface area contributed by atoms with Crippen LogP contribution in [0.2, 0.25) is 5.02 Å². The Morgan fingerprint density at radius 3 is 2.95 bits per heavy atom. The lowest BCUT2D eigenvalue weighted by atomic mass is 9.82. The van der Waals surface area contributed by atoms with Crippen LogP contribution in [-0.4, -0.2) is 18.9 Å². The molecule has 1 fully saturated rings. The molecule has 0 amide bonds. The van der Waals surface area contributed by atoms with Crippen molar-refractivity contribution in [2.75, 3.05) is 7.11 Å². The van der Waals surface area contributed by atoms with Gasteiger partial charge >= 0.3 is 0 Å². The van der Waals surface area contributed by atoms with Crippen LogP contribution >= 0.6 is 11.6 Å². The molecule has 1 saturated carbocycles. The van der Waals surface area contributed by atoms with E-state index in [1.807, 2.05) is 0 Å². The van der Waals surface area contributed by atoms with Crippen molar-refractivity contribution in [1.29, 1.82) is 0 Å². The molecule has 19 heavy (non-hydrogen) atoms. The predicted molar refractivity (Wildman–Crippen MR) is 76.6 cm³/mol. The second-order valence-corrected chi connectivity index (χ2v) is 5.66. The first-order chi connectivity index (χ1) is 9.10. The SMILES string of the molecule is COc1ccc(Cl)cc1CC(=O)C1CCCC(N)C1. The summed E-state index contributed by atoms with van der Waals surface area (Å²) in [4.78, 5) is 12.3. The van der Waals surface area contributed by atoms with Crippen LogP contribution in [0.1, 0.15) is 31.2 Å². The number of rotatable bonds is 4. The van der Waals surface area contributed by atoms with Gasteiger partial charge in [0.2, 0.25) is 0 Å². The molecule has 2 N–H and O–H groups in total. The molecular weight excluding hydrogens is 262 g/mol. The Morgan fingerprint density at radius 2 is 2.26 bits per heavy atom. The minimum Gasteiger partial charge on any atom is -0.496 e. The fourth-order valence-electron chi connectivity index (χ4n) is 2.74. The van der Waals surface area contributed by atoms with Gasteiger partial charge in [0.1, 0.15) is 11.5 Å². The summed E-state index contributed by atoms with van der Waals surface area (Å²) in [6, 6.07) is 5.55. The third kappa shape index (κ3) is 3.71. The van der Waals surface area contributed by atoms with Gasteiger partial charge in [-0.15, -0.1) is 0 Å². The molecule has 0 aliphatic heterocycles. The quantitative estimate of drug-likeness (QED) is 0.923. The van der Waals surface area contributed by atoms with Gasteiger partial charge in [0.25, 0.3) is 0 Å². The summed E-state index contributed by atoms with van der Waals surface area (Å²) in [5.74, 6) is 1.06. The summed E-state index contributed by atoms with van der Waals surface area (Å²) < 4.78 is 5.27. The lowest BCUT2D eigenvalue weighted by molar-refractivity contribution is -0.123. The monoisotopic (exact) mass is 281 g/mol. The molecule has 1 aliphatic carbocycles. The molecule has 4 heteroatoms. The van der Waals surface area contributed by atoms with E-state index in [1.165, 1.54) is 0 Å². The third-order valence-electron chi connectivity index (χ3n) is 3.78. The molecule has 2 rings (SSSR count). The summed E-state index contributed by atoms with van der Waals surface area (Å²) in [5.41, 5.74) is 6.80. The van der Waals surface area contributed by atoms with Crippen LogP contribution in [0.3, 0.4) is 0 Å². The van der Waals surface area contributed by atoms with Crippen LogP contribution in [0.15, 0.2) is 18.2 Å². The third-order valence-corrected chi connectivity index (χ3v) is 4.01. The molecule has 0 radical (unpaired) electrons. The van der Waals surface area contributed by atoms with Crippen molar-refractivity contribution in [3.63, 3.8) is 0 Å². The van der Waals surface area contributed by atoms with E-state index in [-0.39, 0.29) is 17.7 Å². The van der Waals surface area contributed by atoms with E-state index in [4.69, 9.17) is 22.1 Å². The largest absolute Gasteiger partial charge is 0.496 e. The minimum atomic E-state index is 0.0902. The van der Waals surface area contributed by atoms with Gasteiger partial charge in [0.05, 0.1) is 7.11 Å². The maximum Gasteiger partial charge on any atom is 0.140 e. The number of methoxy groups -OCH3 is 1. The molecule has 0 aromatic heterocycles. The fraction of sp³-hybridized carbons (Fsp3) is 0.533. The van der Waals surface area contributed by atoms with Gasteiger partial charge in [-0.1, -0.05) is 18.0 Å². The summed E-state index contributed by atoms with van der Waals surface area (Å²) in [6.45, 7) is 0. The first kappa shape index (κ1) is 14.4. The van der Waals surface area contributed by atoms with E-state index in [0.29, 0.717) is 11.4 Å². The number of benzene rings is 1. The molecule has 0 saturated heterocycles. The Morgan fingerprint density at radius 1 is 1.47 bits per heavy atom. The number of carbonyl (C=O) groups excluding carboxylic acids is 1. The van der Waals surface area contributed by atoms with E-state index in [0.717, 1.165) is 37.0 Å². The van der Waals surface area contributed by atoms with Crippen molar-refractivity contribution in [3.8, 4) is 5.75 Å². The Labute approximate surface area is 119 Å². The van der Waals surface area contributed by atoms with E-state index in [9.17, 15) is 4.79 Å². The van der Waals surface area contributed by atoms with Crippen LogP contribution in [0.25, 0.3) is 0 Å². The Hall–Kier alpha value is -1.06. The average molecular weight is 282 g/mol. The normalized spacial score (nSPS) is 23.1. The van der Waals surface area contributed by atoms with Crippen molar-refractivity contribution in [2.24, 2.45) is 11.7 Å². The summed E-state index contributed by atoms with van der Waals surface area (Å²) >= 11 is 5.98. The summed E-state index contributed by atoms with van der Waals surface area (Å²) in [6.07, 6.45) is 4.22. The van der Waals surface area contributed by atoms with Crippen molar-refractivity contribution in [3.05, 3.63) is 28.8 Å². The van der Waals surface area contributed by atoms with Crippen LogP contribution in [0.5, 0.6) is 5.75 Å². The number of Topliss-reactive ketones (excluding diaryl/α,β-unsaturated/α-hetero) is 1. The summed E-state index contributed by atoms with van der Waals surface area (Å²) in [7, 11) is 1.60. The smallest absolute Gasteiger partial charge is 0.140 e. The first-order valence-corrected chi connectivity index (χ1v) is 7.08. The predicted octanol–water partition coefficient (Wildman–Crippen LogP) is 2.98. The molecule has 1 aromatic rings. The van der Waals surface area contributed by atoms with Gasteiger partial charge in [-0.05, 0) is 37.5 Å². The zero-order chi connectivity index (χ0) is 13.8. The second kappa shape index (κ2) is 6.40. The van der Waals surface area contributed by atoms with Gasteiger partial charge in [0, 0.05) is 29.0 Å². The van der Waals surface area contributed by atoms with Gasteiger partial charge in [-0.3, -0.25) is 4.79 Å². The molecule has 3 nitrogen and oxygen atoms in total. The molecule has 2 atom stereocenters. The van der Waals surface area contributed by atoms with Crippen molar-refractivity contribution < 1.29 is 9.53 Å². The number of ether oxygens (including phenoxy) is 1. The second-order valence-electron chi connectivity index (χ2n) is 5.22. The maximum absolute atomic E-state index is 12.3. The van der Waals surface area contributed by atoms with E-state index in [2.05, 4.69) is 0 Å². The zero-order valence-corrected chi connectivity index (χ0v) is 12.0. The fourth-order valence-corrected chi connectivity index (χ4v) is 2.93. The van der Waals surface area contributed by atoms with Gasteiger partial charge in [-0.25, -0.2) is 0 Å². The van der Waals surface area contributed by atoms with Gasteiger partial charge in [-0.2, -0.15) is 0 Å². The van der Waals surface area contributed by atoms with E-state index in [1.54, 1.807) is 25.3 Å². The molecule has 0 spiro atoms. The number of ketones is 1. The Bertz CT molecular complexity index is 461. The molecule has 2 unspecified atom stereocenters. The maximum atomic E-state index is 12.3. The summed E-state index contributed by atoms with van der Waals surface area (Å²) in [5, 5.41) is 0.629. The number of halogens is 1. The number of hydrogen-bond acceptors (Lipinski definition) is 3. The Kier molecular flexibility index (Phi) is 4.83. The van der Waals surface area contributed by atoms with Gasteiger partial charge in [0.15, 0.2) is 0 Å². The van der Waals surface area contributed by atoms with Crippen LogP contribution in [0.4, 0.5) is 0 Å². The minimum absolute atomic E-state index is 0.0902. The number of nitrogens with two attached hydrogens (primary N) is 1. The van der Waals surface area contributed by atoms with Crippen LogP contribution in [0, 0.1) is 5.92 Å². The standard InChI is InChI=1S/C15H20ClNO2/c1-19-15-6-5-12(16)7-11(15)9-14(18)10-3-2-4-13(17)8-10/h5-7,10,13H,2-4,8-9,17H2,1H3. The molecule has 104 valence electrons.